The standard InChI is InChI=1S/C52H32N6S.C39H23BrN4S.C13H10N2/c1-5-15-33(16-6-1)49-54-50(34-17-7-2-8-18-34)56-51(55-49)36-25-28-47-41(29-36)42-31-40-39-30-38(58-45-24-14-13-23-43(45)53-52(58)35-19-9-3-10-20-35)26-27-44(39)57(37-21-11-4-12-22-37)46(40)32-48(42)59-47;40-27-17-18-33-29(21-27)30-22-32-31-20-26(16-19-35(31)45-36(32)23-34(30)44(33)28-14-8-3-9-15-28)39-42-37(24-10-4-1-5-11-24)41-38(43-39)25-12-6-2-7-13-25;1-2-6-10(7-3-1)13-14-11-8-4-5-9-12(11)15-13/h1-32H;1-23H;1-9H,(H,14,15). The first-order valence-corrected chi connectivity index (χ1v) is 41.7. The number of aromatic nitrogens is 12. The minimum atomic E-state index is 0.645. The van der Waals surface area contributed by atoms with E-state index in [0.717, 1.165) is 105 Å². The Morgan fingerprint density at radius 2 is 0.588 bits per heavy atom. The summed E-state index contributed by atoms with van der Waals surface area (Å²) in [7, 11) is 0. The number of hydrogen-bond donors (Lipinski definition) is 1. The monoisotopic (exact) mass is 1620 g/mol. The molecule has 0 radical (unpaired) electrons. The summed E-state index contributed by atoms with van der Waals surface area (Å²) in [6.45, 7) is 0. The predicted molar refractivity (Wildman–Crippen MR) is 496 cm³/mol. The van der Waals surface area contributed by atoms with E-state index in [9.17, 15) is 0 Å². The van der Waals surface area contributed by atoms with Crippen LogP contribution < -0.4 is 0 Å². The fraction of sp³-hybridized carbons (Fsp3) is 0. The van der Waals surface area contributed by atoms with Crippen molar-refractivity contribution >= 4 is 145 Å². The molecule has 0 aliphatic rings. The Morgan fingerprint density at radius 3 is 1.05 bits per heavy atom. The van der Waals surface area contributed by atoms with Gasteiger partial charge in [-0.1, -0.05) is 259 Å². The van der Waals surface area contributed by atoms with Crippen molar-refractivity contribution in [1.29, 1.82) is 0 Å². The average Bonchev–Trinajstić information content (AvgIpc) is 1.56. The first-order chi connectivity index (χ1) is 58.9. The molecule has 8 heterocycles. The van der Waals surface area contributed by atoms with Gasteiger partial charge in [0.1, 0.15) is 11.6 Å². The normalized spacial score (nSPS) is 11.6. The number of fused-ring (bicyclic) bond motifs is 14. The summed E-state index contributed by atoms with van der Waals surface area (Å²) in [4.78, 5) is 42.8. The van der Waals surface area contributed by atoms with Crippen LogP contribution in [-0.4, -0.2) is 58.6 Å². The Hall–Kier alpha value is -15.0. The largest absolute Gasteiger partial charge is 0.338 e. The summed E-state index contributed by atoms with van der Waals surface area (Å²) in [6, 6.07) is 135. The van der Waals surface area contributed by atoms with Crippen LogP contribution in [0.4, 0.5) is 0 Å². The molecule has 0 aliphatic heterocycles. The van der Waals surface area contributed by atoms with Crippen LogP contribution in [0.25, 0.3) is 214 Å². The van der Waals surface area contributed by atoms with E-state index in [1.807, 2.05) is 193 Å². The quantitative estimate of drug-likeness (QED) is 0.135. The number of rotatable bonds is 11. The van der Waals surface area contributed by atoms with Gasteiger partial charge in [-0.2, -0.15) is 0 Å². The third kappa shape index (κ3) is 13.1. The first-order valence-electron chi connectivity index (χ1n) is 39.3. The number of nitrogens with one attached hydrogen (secondary N) is 1. The maximum Gasteiger partial charge on any atom is 0.164 e. The molecule has 0 fully saturated rings. The molecule has 560 valence electrons. The van der Waals surface area contributed by atoms with E-state index in [4.69, 9.17) is 34.9 Å². The maximum atomic E-state index is 5.15. The maximum absolute atomic E-state index is 5.15. The van der Waals surface area contributed by atoms with Gasteiger partial charge in [0.25, 0.3) is 0 Å². The van der Waals surface area contributed by atoms with Crippen LogP contribution in [0.5, 0.6) is 0 Å². The van der Waals surface area contributed by atoms with Gasteiger partial charge in [-0.15, -0.1) is 22.7 Å². The van der Waals surface area contributed by atoms with E-state index in [0.29, 0.717) is 34.9 Å². The van der Waals surface area contributed by atoms with Crippen molar-refractivity contribution in [1.82, 2.24) is 58.6 Å². The number of nitrogens with zero attached hydrogens (tertiary/aromatic N) is 11. The number of aromatic amines is 1. The average molecular weight is 1630 g/mol. The van der Waals surface area contributed by atoms with E-state index in [1.165, 1.54) is 78.4 Å². The Labute approximate surface area is 698 Å². The number of halogens is 1. The van der Waals surface area contributed by atoms with Gasteiger partial charge in [0, 0.05) is 128 Å². The van der Waals surface area contributed by atoms with Crippen molar-refractivity contribution in [3.63, 3.8) is 0 Å². The molecule has 0 amide bonds. The highest BCUT2D eigenvalue weighted by molar-refractivity contribution is 9.10. The molecule has 8 aromatic heterocycles. The lowest BCUT2D eigenvalue weighted by molar-refractivity contribution is 1.07. The molecule has 0 saturated carbocycles. The van der Waals surface area contributed by atoms with Crippen LogP contribution in [0.2, 0.25) is 0 Å². The molecule has 0 spiro atoms. The van der Waals surface area contributed by atoms with Gasteiger partial charge in [0.05, 0.1) is 44.1 Å². The number of H-pyrrole nitrogens is 1. The minimum absolute atomic E-state index is 0.645. The molecular weight excluding hydrogens is 1560 g/mol. The number of thiophene rings is 2. The van der Waals surface area contributed by atoms with E-state index in [1.54, 1.807) is 0 Å². The van der Waals surface area contributed by atoms with E-state index in [-0.39, 0.29) is 0 Å². The van der Waals surface area contributed by atoms with Gasteiger partial charge < -0.3 is 14.1 Å². The molecule has 0 saturated heterocycles. The second-order valence-electron chi connectivity index (χ2n) is 29.2. The van der Waals surface area contributed by atoms with Crippen molar-refractivity contribution in [2.45, 2.75) is 0 Å². The summed E-state index contributed by atoms with van der Waals surface area (Å²) in [5, 5.41) is 9.63. The second-order valence-corrected chi connectivity index (χ2v) is 32.3. The van der Waals surface area contributed by atoms with Crippen LogP contribution in [0.15, 0.2) is 393 Å². The van der Waals surface area contributed by atoms with E-state index < -0.39 is 0 Å². The Balaban J connectivity index is 0.000000125. The van der Waals surface area contributed by atoms with E-state index in [2.05, 4.69) is 258 Å². The van der Waals surface area contributed by atoms with Crippen molar-refractivity contribution in [3.8, 4) is 108 Å². The van der Waals surface area contributed by atoms with Gasteiger partial charge in [0.15, 0.2) is 34.9 Å². The zero-order valence-corrected chi connectivity index (χ0v) is 66.8. The summed E-state index contributed by atoms with van der Waals surface area (Å²) in [5.41, 5.74) is 20.1. The van der Waals surface area contributed by atoms with Crippen LogP contribution in [0.3, 0.4) is 0 Å². The third-order valence-electron chi connectivity index (χ3n) is 21.9. The fourth-order valence-corrected chi connectivity index (χ4v) is 18.9. The van der Waals surface area contributed by atoms with Gasteiger partial charge in [-0.3, -0.25) is 4.57 Å². The third-order valence-corrected chi connectivity index (χ3v) is 24.6. The van der Waals surface area contributed by atoms with Crippen LogP contribution in [0.1, 0.15) is 0 Å². The molecule has 0 aliphatic carbocycles. The molecule has 1 N–H and O–H groups in total. The molecule has 15 heteroatoms. The minimum Gasteiger partial charge on any atom is -0.338 e. The van der Waals surface area contributed by atoms with E-state index >= 15 is 0 Å². The number of para-hydroxylation sites is 6. The van der Waals surface area contributed by atoms with Crippen LogP contribution in [-0.2, 0) is 0 Å². The Kier molecular flexibility index (Phi) is 17.8. The number of benzene rings is 16. The highest BCUT2D eigenvalue weighted by atomic mass is 79.9. The van der Waals surface area contributed by atoms with Gasteiger partial charge in [-0.25, -0.2) is 39.9 Å². The molecule has 0 unspecified atom stereocenters. The SMILES string of the molecule is Brc1ccc2c(c1)c1cc3c(cc1n2-c1ccccc1)sc1ccc(-c2nc(-c4ccccc4)nc(-c4ccccc4)n2)cc13.c1ccc(-c2nc(-c3ccccc3)nc(-c3ccc4sc5cc6c(cc5c4c3)c3cc(-n4c(-c5ccccc5)nc5ccccc54)ccc3n6-c3ccccc3)n2)cc1.c1ccc(-c2nc3ccccc3[nH]2)cc1. The summed E-state index contributed by atoms with van der Waals surface area (Å²) >= 11 is 7.36. The summed E-state index contributed by atoms with van der Waals surface area (Å²) < 4.78 is 13.1. The van der Waals surface area contributed by atoms with Crippen molar-refractivity contribution in [2.75, 3.05) is 0 Å². The Bertz CT molecular complexity index is 7820. The highest BCUT2D eigenvalue weighted by Gasteiger charge is 2.24. The Morgan fingerprint density at radius 1 is 0.218 bits per heavy atom. The molecule has 24 rings (SSSR count). The highest BCUT2D eigenvalue weighted by Crippen LogP contribution is 2.46. The molecule has 12 nitrogen and oxygen atoms in total. The van der Waals surface area contributed by atoms with Gasteiger partial charge >= 0.3 is 0 Å². The molecule has 16 aromatic carbocycles. The first kappa shape index (κ1) is 70.6. The molecule has 119 heavy (non-hydrogen) atoms. The van der Waals surface area contributed by atoms with Crippen molar-refractivity contribution < 1.29 is 0 Å². The lowest BCUT2D eigenvalue weighted by atomic mass is 10.1. The second kappa shape index (κ2) is 30.0. The topological polar surface area (TPSA) is 134 Å². The van der Waals surface area contributed by atoms with Crippen LogP contribution >= 0.6 is 38.6 Å². The predicted octanol–water partition coefficient (Wildman–Crippen LogP) is 27.7. The van der Waals surface area contributed by atoms with Gasteiger partial charge in [-0.05, 0) is 146 Å². The fourth-order valence-electron chi connectivity index (χ4n) is 16.3. The zero-order chi connectivity index (χ0) is 78.9. The molecule has 24 aromatic rings. The molecule has 0 atom stereocenters. The number of imidazole rings is 2. The van der Waals surface area contributed by atoms with Crippen molar-refractivity contribution in [2.24, 2.45) is 0 Å². The molecule has 0 bridgehead atoms. The lowest BCUT2D eigenvalue weighted by Gasteiger charge is -2.11. The lowest BCUT2D eigenvalue weighted by Crippen LogP contribution is -2.00. The van der Waals surface area contributed by atoms with Crippen LogP contribution in [0, 0.1) is 0 Å². The number of hydrogen-bond acceptors (Lipinski definition) is 10. The summed E-state index contributed by atoms with van der Waals surface area (Å²) in [5.74, 6) is 5.78. The van der Waals surface area contributed by atoms with Gasteiger partial charge in [0.2, 0.25) is 0 Å². The van der Waals surface area contributed by atoms with Crippen molar-refractivity contribution in [3.05, 3.63) is 393 Å². The zero-order valence-electron chi connectivity index (χ0n) is 63.6. The molecular formula is C104H65BrN12S2. The summed E-state index contributed by atoms with van der Waals surface area (Å²) in [6.07, 6.45) is 0. The smallest absolute Gasteiger partial charge is 0.164 e.